The SMILES string of the molecule is Cc1ccc(Sc2cc3c(cc2F)C(O)C(=O)N3)cc1C. The molecule has 0 radical (unpaired) electrons. The summed E-state index contributed by atoms with van der Waals surface area (Å²) in [5, 5.41) is 12.2. The number of nitrogens with one attached hydrogen (secondary N) is 1. The van der Waals surface area contributed by atoms with Gasteiger partial charge in [-0.2, -0.15) is 0 Å². The largest absolute Gasteiger partial charge is 0.378 e. The van der Waals surface area contributed by atoms with Crippen LogP contribution in [0.25, 0.3) is 0 Å². The number of benzene rings is 2. The smallest absolute Gasteiger partial charge is 0.257 e. The molecule has 0 saturated carbocycles. The molecule has 1 heterocycles. The highest BCUT2D eigenvalue weighted by molar-refractivity contribution is 7.99. The molecule has 0 spiro atoms. The van der Waals surface area contributed by atoms with Crippen molar-refractivity contribution in [2.75, 3.05) is 5.32 Å². The van der Waals surface area contributed by atoms with Crippen molar-refractivity contribution >= 4 is 23.4 Å². The van der Waals surface area contributed by atoms with E-state index in [1.807, 2.05) is 32.0 Å². The minimum Gasteiger partial charge on any atom is -0.378 e. The number of aliphatic hydroxyl groups excluding tert-OH is 1. The van der Waals surface area contributed by atoms with Gasteiger partial charge >= 0.3 is 0 Å². The third-order valence-electron chi connectivity index (χ3n) is 3.61. The van der Waals surface area contributed by atoms with E-state index in [-0.39, 0.29) is 0 Å². The highest BCUT2D eigenvalue weighted by Gasteiger charge is 2.29. The first kappa shape index (κ1) is 14.1. The molecule has 0 bridgehead atoms. The lowest BCUT2D eigenvalue weighted by Gasteiger charge is -2.08. The summed E-state index contributed by atoms with van der Waals surface area (Å²) >= 11 is 1.30. The lowest BCUT2D eigenvalue weighted by molar-refractivity contribution is -0.123. The van der Waals surface area contributed by atoms with Crippen LogP contribution in [-0.2, 0) is 4.79 Å². The summed E-state index contributed by atoms with van der Waals surface area (Å²) < 4.78 is 14.1. The van der Waals surface area contributed by atoms with Crippen molar-refractivity contribution in [3.63, 3.8) is 0 Å². The molecule has 1 aliphatic rings. The summed E-state index contributed by atoms with van der Waals surface area (Å²) in [6, 6.07) is 8.72. The van der Waals surface area contributed by atoms with Crippen LogP contribution >= 0.6 is 11.8 Å². The predicted octanol–water partition coefficient (Wildman–Crippen LogP) is 3.58. The second-order valence-corrected chi connectivity index (χ2v) is 6.23. The van der Waals surface area contributed by atoms with Gasteiger partial charge in [0.15, 0.2) is 6.10 Å². The van der Waals surface area contributed by atoms with E-state index in [2.05, 4.69) is 5.32 Å². The molecule has 21 heavy (non-hydrogen) atoms. The standard InChI is InChI=1S/C16H14FNO2S/c1-8-3-4-10(5-9(8)2)21-14-7-13-11(6-12(14)17)15(19)16(20)18-13/h3-7,15,19H,1-2H3,(H,18,20). The number of amides is 1. The van der Waals surface area contributed by atoms with Crippen LogP contribution in [0.2, 0.25) is 0 Å². The Balaban J connectivity index is 1.95. The van der Waals surface area contributed by atoms with Crippen LogP contribution in [0.15, 0.2) is 40.1 Å². The van der Waals surface area contributed by atoms with Gasteiger partial charge in [-0.05, 0) is 49.2 Å². The van der Waals surface area contributed by atoms with Crippen molar-refractivity contribution < 1.29 is 14.3 Å². The summed E-state index contributed by atoms with van der Waals surface area (Å²) in [7, 11) is 0. The Kier molecular flexibility index (Phi) is 3.47. The topological polar surface area (TPSA) is 49.3 Å². The van der Waals surface area contributed by atoms with Gasteiger partial charge in [0.25, 0.3) is 5.91 Å². The Bertz CT molecular complexity index is 745. The lowest BCUT2D eigenvalue weighted by atomic mass is 10.1. The van der Waals surface area contributed by atoms with Crippen LogP contribution in [0.5, 0.6) is 0 Å². The molecule has 2 aromatic carbocycles. The maximum atomic E-state index is 14.1. The molecule has 5 heteroatoms. The van der Waals surface area contributed by atoms with E-state index in [4.69, 9.17) is 0 Å². The second-order valence-electron chi connectivity index (χ2n) is 5.11. The van der Waals surface area contributed by atoms with Crippen LogP contribution in [0.3, 0.4) is 0 Å². The van der Waals surface area contributed by atoms with Crippen molar-refractivity contribution in [2.45, 2.75) is 29.7 Å². The molecule has 108 valence electrons. The zero-order chi connectivity index (χ0) is 15.1. The molecule has 1 unspecified atom stereocenters. The van der Waals surface area contributed by atoms with Crippen LogP contribution < -0.4 is 5.32 Å². The molecular formula is C16H14FNO2S. The highest BCUT2D eigenvalue weighted by Crippen LogP contribution is 2.38. The van der Waals surface area contributed by atoms with Gasteiger partial charge < -0.3 is 10.4 Å². The molecule has 0 aliphatic carbocycles. The van der Waals surface area contributed by atoms with Gasteiger partial charge in [-0.15, -0.1) is 0 Å². The summed E-state index contributed by atoms with van der Waals surface area (Å²) in [6.45, 7) is 4.03. The summed E-state index contributed by atoms with van der Waals surface area (Å²) in [6.07, 6.45) is -1.28. The molecule has 1 aliphatic heterocycles. The first-order chi connectivity index (χ1) is 9.95. The molecule has 2 aromatic rings. The van der Waals surface area contributed by atoms with Gasteiger partial charge in [0.05, 0.1) is 4.90 Å². The van der Waals surface area contributed by atoms with Gasteiger partial charge in [-0.25, -0.2) is 4.39 Å². The van der Waals surface area contributed by atoms with Crippen LogP contribution in [0.4, 0.5) is 10.1 Å². The number of aliphatic hydroxyl groups is 1. The summed E-state index contributed by atoms with van der Waals surface area (Å²) in [4.78, 5) is 12.8. The van der Waals surface area contributed by atoms with Crippen molar-refractivity contribution in [1.29, 1.82) is 0 Å². The molecule has 0 aromatic heterocycles. The third kappa shape index (κ3) is 2.54. The minimum absolute atomic E-state index is 0.293. The normalized spacial score (nSPS) is 16.8. The third-order valence-corrected chi connectivity index (χ3v) is 4.63. The van der Waals surface area contributed by atoms with E-state index in [1.54, 1.807) is 6.07 Å². The van der Waals surface area contributed by atoms with Crippen LogP contribution in [0.1, 0.15) is 22.8 Å². The molecule has 3 rings (SSSR count). The maximum Gasteiger partial charge on any atom is 0.257 e. The monoisotopic (exact) mass is 303 g/mol. The highest BCUT2D eigenvalue weighted by atomic mass is 32.2. The van der Waals surface area contributed by atoms with Crippen molar-refractivity contribution in [3.05, 3.63) is 52.8 Å². The van der Waals surface area contributed by atoms with Gasteiger partial charge in [0.1, 0.15) is 5.82 Å². The van der Waals surface area contributed by atoms with E-state index in [1.165, 1.54) is 23.4 Å². The van der Waals surface area contributed by atoms with E-state index < -0.39 is 17.8 Å². The molecule has 2 N–H and O–H groups in total. The van der Waals surface area contributed by atoms with Gasteiger partial charge in [0, 0.05) is 16.1 Å². The predicted molar refractivity (Wildman–Crippen MR) is 80.0 cm³/mol. The first-order valence-electron chi connectivity index (χ1n) is 6.53. The maximum absolute atomic E-state index is 14.1. The number of halogens is 1. The Morgan fingerprint density at radius 2 is 1.95 bits per heavy atom. The van der Waals surface area contributed by atoms with Gasteiger partial charge in [0.2, 0.25) is 0 Å². The van der Waals surface area contributed by atoms with Crippen LogP contribution in [-0.4, -0.2) is 11.0 Å². The first-order valence-corrected chi connectivity index (χ1v) is 7.35. The van der Waals surface area contributed by atoms with E-state index >= 15 is 0 Å². The Morgan fingerprint density at radius 1 is 1.19 bits per heavy atom. The second kappa shape index (κ2) is 5.16. The minimum atomic E-state index is -1.28. The number of fused-ring (bicyclic) bond motifs is 1. The Morgan fingerprint density at radius 3 is 2.67 bits per heavy atom. The summed E-state index contributed by atoms with van der Waals surface area (Å²) in [5.74, 6) is -0.953. The Hall–Kier alpha value is -1.85. The average Bonchev–Trinajstić information content (AvgIpc) is 2.70. The number of anilines is 1. The molecule has 0 saturated heterocycles. The number of carbonyl (C=O) groups excluding carboxylic acids is 1. The van der Waals surface area contributed by atoms with E-state index in [0.29, 0.717) is 16.1 Å². The fraction of sp³-hybridized carbons (Fsp3) is 0.188. The zero-order valence-electron chi connectivity index (χ0n) is 11.6. The number of carbonyl (C=O) groups is 1. The van der Waals surface area contributed by atoms with E-state index in [9.17, 15) is 14.3 Å². The number of hydrogen-bond donors (Lipinski definition) is 2. The lowest BCUT2D eigenvalue weighted by Crippen LogP contribution is -2.10. The van der Waals surface area contributed by atoms with Crippen molar-refractivity contribution in [3.8, 4) is 0 Å². The summed E-state index contributed by atoms with van der Waals surface area (Å²) in [5.41, 5.74) is 3.09. The zero-order valence-corrected chi connectivity index (χ0v) is 12.4. The molecule has 1 amide bonds. The van der Waals surface area contributed by atoms with Crippen molar-refractivity contribution in [2.24, 2.45) is 0 Å². The van der Waals surface area contributed by atoms with Crippen molar-refractivity contribution in [1.82, 2.24) is 0 Å². The molecule has 1 atom stereocenters. The quantitative estimate of drug-likeness (QED) is 0.891. The molecule has 3 nitrogen and oxygen atoms in total. The fourth-order valence-corrected chi connectivity index (χ4v) is 3.19. The van der Waals surface area contributed by atoms with E-state index in [0.717, 1.165) is 10.5 Å². The number of hydrogen-bond acceptors (Lipinski definition) is 3. The fourth-order valence-electron chi connectivity index (χ4n) is 2.23. The molecule has 0 fully saturated rings. The van der Waals surface area contributed by atoms with Gasteiger partial charge in [-0.1, -0.05) is 17.8 Å². The van der Waals surface area contributed by atoms with Crippen LogP contribution in [0, 0.1) is 19.7 Å². The molecular weight excluding hydrogens is 289 g/mol. The number of aryl methyl sites for hydroxylation is 2. The number of rotatable bonds is 2. The van der Waals surface area contributed by atoms with Gasteiger partial charge in [-0.3, -0.25) is 4.79 Å². The Labute approximate surface area is 126 Å². The average molecular weight is 303 g/mol.